The van der Waals surface area contributed by atoms with Crippen molar-refractivity contribution in [2.75, 3.05) is 0 Å². The number of aliphatic carboxylic acids is 1. The van der Waals surface area contributed by atoms with Crippen LogP contribution < -0.4 is 0 Å². The minimum Gasteiger partial charge on any atom is -0.481 e. The Bertz CT molecular complexity index is 683. The smallest absolute Gasteiger partial charge is 0.306 e. The Morgan fingerprint density at radius 3 is 1.33 bits per heavy atom. The van der Waals surface area contributed by atoms with Crippen molar-refractivity contribution in [3.8, 4) is 0 Å². The number of carboxylic acids is 1. The van der Waals surface area contributed by atoms with Gasteiger partial charge in [0.15, 0.2) is 0 Å². The van der Waals surface area contributed by atoms with E-state index in [-0.39, 0.29) is 12.1 Å². The van der Waals surface area contributed by atoms with Crippen LogP contribution in [0.15, 0.2) is 24.3 Å². The summed E-state index contributed by atoms with van der Waals surface area (Å²) >= 11 is 0. The summed E-state index contributed by atoms with van der Waals surface area (Å²) in [4.78, 5) is 22.7. The zero-order valence-electron chi connectivity index (χ0n) is 30.2. The first kappa shape index (κ1) is 43.4. The lowest BCUT2D eigenvalue weighted by molar-refractivity contribution is -0.148. The number of rotatable bonds is 36. The average Bonchev–Trinajstić information content (AvgIpc) is 3.01. The minimum atomic E-state index is -0.671. The Morgan fingerprint density at radius 1 is 0.511 bits per heavy atom. The molecule has 45 heavy (non-hydrogen) atoms. The highest BCUT2D eigenvalue weighted by atomic mass is 16.5. The number of ether oxygens (including phenoxy) is 1. The number of allylic oxidation sites excluding steroid dienone is 4. The summed E-state index contributed by atoms with van der Waals surface area (Å²) in [7, 11) is 0. The van der Waals surface area contributed by atoms with Crippen LogP contribution in [0.1, 0.15) is 219 Å². The van der Waals surface area contributed by atoms with Crippen LogP contribution in [0, 0.1) is 0 Å². The third-order valence-electron chi connectivity index (χ3n) is 8.92. The summed E-state index contributed by atoms with van der Waals surface area (Å²) in [6.45, 7) is 4.31. The quantitative estimate of drug-likeness (QED) is 0.0424. The largest absolute Gasteiger partial charge is 0.481 e. The summed E-state index contributed by atoms with van der Waals surface area (Å²) in [6.07, 6.45) is 47.6. The first-order valence-electron chi connectivity index (χ1n) is 19.8. The van der Waals surface area contributed by atoms with Gasteiger partial charge in [0.1, 0.15) is 0 Å². The molecule has 0 saturated heterocycles. The van der Waals surface area contributed by atoms with E-state index >= 15 is 0 Å². The molecule has 0 aromatic rings. The van der Waals surface area contributed by atoms with E-state index in [1.807, 2.05) is 6.92 Å². The molecule has 0 spiro atoms. The number of carboxylic acid groups (broad SMARTS) is 1. The molecule has 0 aromatic carbocycles. The highest BCUT2D eigenvalue weighted by Gasteiger charge is 2.09. The SMILES string of the molecule is CCCCC/C=C\C/C=C\CCCCCCCCCCCCCC(=O)OC(C)CCCCCCCCCCCCCCC(=O)O. The molecule has 1 atom stereocenters. The maximum absolute atomic E-state index is 12.2. The van der Waals surface area contributed by atoms with E-state index in [9.17, 15) is 9.59 Å². The van der Waals surface area contributed by atoms with E-state index in [4.69, 9.17) is 9.84 Å². The number of carbonyl (C=O) groups excluding carboxylic acids is 1. The van der Waals surface area contributed by atoms with Crippen molar-refractivity contribution >= 4 is 11.9 Å². The van der Waals surface area contributed by atoms with Gasteiger partial charge < -0.3 is 9.84 Å². The monoisotopic (exact) mass is 633 g/mol. The molecular weight excluding hydrogens is 556 g/mol. The van der Waals surface area contributed by atoms with Crippen LogP contribution >= 0.6 is 0 Å². The van der Waals surface area contributed by atoms with Gasteiger partial charge in [0.05, 0.1) is 6.10 Å². The Kier molecular flexibility index (Phi) is 35.6. The van der Waals surface area contributed by atoms with Crippen LogP contribution in [0.4, 0.5) is 0 Å². The molecule has 0 aromatic heterocycles. The average molecular weight is 633 g/mol. The number of carbonyl (C=O) groups is 2. The van der Waals surface area contributed by atoms with Crippen molar-refractivity contribution < 1.29 is 19.4 Å². The van der Waals surface area contributed by atoms with Crippen molar-refractivity contribution in [3.05, 3.63) is 24.3 Å². The summed E-state index contributed by atoms with van der Waals surface area (Å²) in [5.41, 5.74) is 0. The van der Waals surface area contributed by atoms with Crippen molar-refractivity contribution in [2.45, 2.75) is 225 Å². The van der Waals surface area contributed by atoms with E-state index in [0.717, 1.165) is 44.9 Å². The Morgan fingerprint density at radius 2 is 0.889 bits per heavy atom. The van der Waals surface area contributed by atoms with Crippen molar-refractivity contribution in [1.29, 1.82) is 0 Å². The second kappa shape index (κ2) is 36.9. The number of unbranched alkanes of at least 4 members (excludes halogenated alkanes) is 25. The summed E-state index contributed by atoms with van der Waals surface area (Å²) in [6, 6.07) is 0. The molecule has 0 rings (SSSR count). The minimum absolute atomic E-state index is 0.00508. The van der Waals surface area contributed by atoms with E-state index in [2.05, 4.69) is 31.2 Å². The molecule has 4 nitrogen and oxygen atoms in total. The Labute approximate surface area is 280 Å². The predicted octanol–water partition coefficient (Wildman–Crippen LogP) is 13.6. The molecule has 0 aliphatic rings. The fraction of sp³-hybridized carbons (Fsp3) is 0.854. The predicted molar refractivity (Wildman–Crippen MR) is 195 cm³/mol. The van der Waals surface area contributed by atoms with E-state index < -0.39 is 5.97 Å². The fourth-order valence-corrected chi connectivity index (χ4v) is 5.96. The molecular formula is C41H76O4. The lowest BCUT2D eigenvalue weighted by Crippen LogP contribution is -2.14. The maximum Gasteiger partial charge on any atom is 0.306 e. The molecule has 264 valence electrons. The molecule has 0 aliphatic carbocycles. The molecule has 0 aliphatic heterocycles. The normalized spacial score (nSPS) is 12.4. The molecule has 0 bridgehead atoms. The van der Waals surface area contributed by atoms with Crippen LogP contribution in [0.25, 0.3) is 0 Å². The standard InChI is InChI=1S/C41H76O4/c1-3-4-5-6-7-8-9-10-11-12-13-14-15-16-17-18-23-26-29-32-35-38-41(44)45-39(2)36-33-30-27-24-21-19-20-22-25-28-31-34-37-40(42)43/h7-8,10-11,39H,3-6,9,12-38H2,1-2H3,(H,42,43)/b8-7-,11-10-. The van der Waals surface area contributed by atoms with Gasteiger partial charge >= 0.3 is 11.9 Å². The van der Waals surface area contributed by atoms with Gasteiger partial charge in [0, 0.05) is 12.8 Å². The maximum atomic E-state index is 12.2. The second-order valence-corrected chi connectivity index (χ2v) is 13.6. The third-order valence-corrected chi connectivity index (χ3v) is 8.92. The zero-order chi connectivity index (χ0) is 32.9. The number of hydrogen-bond donors (Lipinski definition) is 1. The first-order valence-corrected chi connectivity index (χ1v) is 19.8. The van der Waals surface area contributed by atoms with Crippen LogP contribution in [0.3, 0.4) is 0 Å². The molecule has 0 saturated carbocycles. The van der Waals surface area contributed by atoms with Crippen LogP contribution in [-0.4, -0.2) is 23.1 Å². The van der Waals surface area contributed by atoms with Crippen LogP contribution in [0.5, 0.6) is 0 Å². The molecule has 4 heteroatoms. The molecule has 1 N–H and O–H groups in total. The molecule has 0 radical (unpaired) electrons. The van der Waals surface area contributed by atoms with Crippen molar-refractivity contribution in [3.63, 3.8) is 0 Å². The topological polar surface area (TPSA) is 63.6 Å². The van der Waals surface area contributed by atoms with E-state index in [1.165, 1.54) is 148 Å². The molecule has 1 unspecified atom stereocenters. The second-order valence-electron chi connectivity index (χ2n) is 13.6. The zero-order valence-corrected chi connectivity index (χ0v) is 30.2. The third kappa shape index (κ3) is 38.5. The van der Waals surface area contributed by atoms with E-state index in [0.29, 0.717) is 12.8 Å². The fourth-order valence-electron chi connectivity index (χ4n) is 5.96. The first-order chi connectivity index (χ1) is 22.1. The Balaban J connectivity index is 3.31. The number of hydrogen-bond acceptors (Lipinski definition) is 3. The van der Waals surface area contributed by atoms with Gasteiger partial charge in [-0.1, -0.05) is 166 Å². The van der Waals surface area contributed by atoms with Gasteiger partial charge in [0.2, 0.25) is 0 Å². The van der Waals surface area contributed by atoms with Gasteiger partial charge in [-0.25, -0.2) is 0 Å². The molecule has 0 amide bonds. The lowest BCUT2D eigenvalue weighted by atomic mass is 10.0. The number of esters is 1. The van der Waals surface area contributed by atoms with Gasteiger partial charge in [-0.05, 0) is 64.7 Å². The summed E-state index contributed by atoms with van der Waals surface area (Å²) in [5.74, 6) is -0.676. The lowest BCUT2D eigenvalue weighted by Gasteiger charge is -2.13. The van der Waals surface area contributed by atoms with Crippen molar-refractivity contribution in [2.24, 2.45) is 0 Å². The Hall–Kier alpha value is -1.58. The van der Waals surface area contributed by atoms with Crippen LogP contribution in [0.2, 0.25) is 0 Å². The van der Waals surface area contributed by atoms with Crippen molar-refractivity contribution in [1.82, 2.24) is 0 Å². The van der Waals surface area contributed by atoms with Crippen LogP contribution in [-0.2, 0) is 14.3 Å². The van der Waals surface area contributed by atoms with Gasteiger partial charge in [0.25, 0.3) is 0 Å². The van der Waals surface area contributed by atoms with E-state index in [1.54, 1.807) is 0 Å². The van der Waals surface area contributed by atoms with Gasteiger partial charge in [-0.3, -0.25) is 9.59 Å². The highest BCUT2D eigenvalue weighted by molar-refractivity contribution is 5.69. The summed E-state index contributed by atoms with van der Waals surface area (Å²) in [5, 5.41) is 8.65. The van der Waals surface area contributed by atoms with Gasteiger partial charge in [-0.2, -0.15) is 0 Å². The molecule has 0 heterocycles. The highest BCUT2D eigenvalue weighted by Crippen LogP contribution is 2.16. The van der Waals surface area contributed by atoms with Gasteiger partial charge in [-0.15, -0.1) is 0 Å². The summed E-state index contributed by atoms with van der Waals surface area (Å²) < 4.78 is 5.64. The molecule has 0 fully saturated rings.